The van der Waals surface area contributed by atoms with Crippen molar-refractivity contribution in [1.82, 2.24) is 15.0 Å². The number of anilines is 1. The Morgan fingerprint density at radius 3 is 2.72 bits per heavy atom. The first kappa shape index (κ1) is 10.7. The lowest BCUT2D eigenvalue weighted by Crippen LogP contribution is -1.99. The van der Waals surface area contributed by atoms with Crippen molar-refractivity contribution >= 4 is 16.6 Å². The van der Waals surface area contributed by atoms with Gasteiger partial charge in [0.15, 0.2) is 5.82 Å². The highest BCUT2D eigenvalue weighted by molar-refractivity contribution is 5.92. The Balaban J connectivity index is 2.31. The first-order valence-electron chi connectivity index (χ1n) is 5.69. The molecule has 0 unspecified atom stereocenters. The van der Waals surface area contributed by atoms with Crippen molar-refractivity contribution in [3.05, 3.63) is 48.3 Å². The van der Waals surface area contributed by atoms with Gasteiger partial charge < -0.3 is 5.73 Å². The summed E-state index contributed by atoms with van der Waals surface area (Å²) in [5.74, 6) is 1.04. The molecule has 0 fully saturated rings. The van der Waals surface area contributed by atoms with E-state index in [4.69, 9.17) is 5.73 Å². The van der Waals surface area contributed by atoms with Crippen LogP contribution < -0.4 is 5.73 Å². The summed E-state index contributed by atoms with van der Waals surface area (Å²) in [7, 11) is 0. The van der Waals surface area contributed by atoms with E-state index in [-0.39, 0.29) is 0 Å². The molecule has 3 aromatic rings. The molecule has 18 heavy (non-hydrogen) atoms. The average Bonchev–Trinajstić information content (AvgIpc) is 2.37. The number of benzene rings is 1. The van der Waals surface area contributed by atoms with Crippen molar-refractivity contribution in [2.24, 2.45) is 0 Å². The van der Waals surface area contributed by atoms with Gasteiger partial charge in [0.1, 0.15) is 11.5 Å². The second-order valence-electron chi connectivity index (χ2n) is 4.14. The normalized spacial score (nSPS) is 10.7. The first-order chi connectivity index (χ1) is 8.74. The third-order valence-electron chi connectivity index (χ3n) is 2.76. The molecule has 0 aliphatic carbocycles. The van der Waals surface area contributed by atoms with E-state index in [1.807, 2.05) is 37.3 Å². The van der Waals surface area contributed by atoms with Crippen LogP contribution in [0, 0.1) is 6.92 Å². The lowest BCUT2D eigenvalue weighted by atomic mass is 10.1. The number of hydrogen-bond acceptors (Lipinski definition) is 4. The van der Waals surface area contributed by atoms with Gasteiger partial charge in [-0.25, -0.2) is 9.97 Å². The Hall–Kier alpha value is -2.49. The van der Waals surface area contributed by atoms with Crippen LogP contribution in [0.5, 0.6) is 0 Å². The van der Waals surface area contributed by atoms with Crippen LogP contribution in [0.1, 0.15) is 5.69 Å². The molecule has 2 N–H and O–H groups in total. The van der Waals surface area contributed by atoms with Crippen LogP contribution in [0.4, 0.5) is 5.82 Å². The molecule has 0 aliphatic rings. The summed E-state index contributed by atoms with van der Waals surface area (Å²) < 4.78 is 0. The smallest absolute Gasteiger partial charge is 0.181 e. The van der Waals surface area contributed by atoms with Crippen molar-refractivity contribution in [2.45, 2.75) is 6.92 Å². The molecule has 0 atom stereocenters. The molecule has 0 saturated heterocycles. The van der Waals surface area contributed by atoms with Gasteiger partial charge in [-0.3, -0.25) is 4.98 Å². The molecule has 3 rings (SSSR count). The summed E-state index contributed by atoms with van der Waals surface area (Å²) in [6, 6.07) is 11.7. The van der Waals surface area contributed by atoms with Gasteiger partial charge >= 0.3 is 0 Å². The van der Waals surface area contributed by atoms with Gasteiger partial charge in [0.2, 0.25) is 0 Å². The Morgan fingerprint density at radius 2 is 1.89 bits per heavy atom. The predicted octanol–water partition coefficient (Wildman–Crippen LogP) is 2.58. The number of nitrogen functional groups attached to an aromatic ring is 1. The van der Waals surface area contributed by atoms with Crippen molar-refractivity contribution in [3.8, 4) is 11.5 Å². The minimum absolute atomic E-state index is 0.465. The Morgan fingerprint density at radius 1 is 1.06 bits per heavy atom. The van der Waals surface area contributed by atoms with E-state index < -0.39 is 0 Å². The van der Waals surface area contributed by atoms with Crippen molar-refractivity contribution in [1.29, 1.82) is 0 Å². The standard InChI is InChI=1S/C14H12N4/c1-9-8-12(15)18-14(17-9)13-11-5-3-2-4-10(11)6-7-16-13/h2-8H,1H3,(H2,15,17,18). The van der Waals surface area contributed by atoms with Crippen LogP contribution in [0.2, 0.25) is 0 Å². The molecule has 0 amide bonds. The molecule has 88 valence electrons. The van der Waals surface area contributed by atoms with E-state index in [0.29, 0.717) is 11.6 Å². The zero-order valence-electron chi connectivity index (χ0n) is 9.96. The van der Waals surface area contributed by atoms with E-state index in [1.165, 1.54) is 0 Å². The van der Waals surface area contributed by atoms with Crippen LogP contribution in [-0.2, 0) is 0 Å². The molecule has 2 heterocycles. The van der Waals surface area contributed by atoms with E-state index in [2.05, 4.69) is 15.0 Å². The third kappa shape index (κ3) is 1.78. The Bertz CT molecular complexity index is 696. The fourth-order valence-electron chi connectivity index (χ4n) is 2.00. The maximum absolute atomic E-state index is 5.76. The Labute approximate surface area is 105 Å². The zero-order chi connectivity index (χ0) is 12.5. The molecule has 1 aromatic carbocycles. The highest BCUT2D eigenvalue weighted by Crippen LogP contribution is 2.24. The largest absolute Gasteiger partial charge is 0.384 e. The van der Waals surface area contributed by atoms with Crippen LogP contribution in [-0.4, -0.2) is 15.0 Å². The maximum Gasteiger partial charge on any atom is 0.181 e. The summed E-state index contributed by atoms with van der Waals surface area (Å²) in [5, 5.41) is 2.15. The van der Waals surface area contributed by atoms with Crippen molar-refractivity contribution in [3.63, 3.8) is 0 Å². The lowest BCUT2D eigenvalue weighted by Gasteiger charge is -2.05. The van der Waals surface area contributed by atoms with E-state index in [0.717, 1.165) is 22.2 Å². The SMILES string of the molecule is Cc1cc(N)nc(-c2nccc3ccccc23)n1. The summed E-state index contributed by atoms with van der Waals surface area (Å²) in [6.45, 7) is 1.90. The number of fused-ring (bicyclic) bond motifs is 1. The van der Waals surface area contributed by atoms with E-state index in [9.17, 15) is 0 Å². The van der Waals surface area contributed by atoms with E-state index >= 15 is 0 Å². The molecule has 0 bridgehead atoms. The summed E-state index contributed by atoms with van der Waals surface area (Å²) in [5.41, 5.74) is 7.37. The molecule has 0 radical (unpaired) electrons. The quantitative estimate of drug-likeness (QED) is 0.705. The van der Waals surface area contributed by atoms with Gasteiger partial charge in [0, 0.05) is 23.3 Å². The fourth-order valence-corrected chi connectivity index (χ4v) is 2.00. The summed E-state index contributed by atoms with van der Waals surface area (Å²) in [6.07, 6.45) is 1.76. The monoisotopic (exact) mass is 236 g/mol. The minimum Gasteiger partial charge on any atom is -0.384 e. The molecule has 0 aliphatic heterocycles. The molecular formula is C14H12N4. The fraction of sp³-hybridized carbons (Fsp3) is 0.0714. The maximum atomic E-state index is 5.76. The molecule has 0 spiro atoms. The van der Waals surface area contributed by atoms with Crippen LogP contribution in [0.3, 0.4) is 0 Å². The van der Waals surface area contributed by atoms with Gasteiger partial charge in [0.05, 0.1) is 0 Å². The first-order valence-corrected chi connectivity index (χ1v) is 5.69. The topological polar surface area (TPSA) is 64.7 Å². The van der Waals surface area contributed by atoms with Gasteiger partial charge in [-0.05, 0) is 18.4 Å². The highest BCUT2D eigenvalue weighted by atomic mass is 15.0. The second-order valence-corrected chi connectivity index (χ2v) is 4.14. The number of aromatic nitrogens is 3. The number of aryl methyl sites for hydroxylation is 1. The zero-order valence-corrected chi connectivity index (χ0v) is 9.96. The Kier molecular flexibility index (Phi) is 2.41. The van der Waals surface area contributed by atoms with Gasteiger partial charge in [-0.15, -0.1) is 0 Å². The average molecular weight is 236 g/mol. The number of pyridine rings is 1. The molecule has 4 nitrogen and oxygen atoms in total. The second kappa shape index (κ2) is 4.07. The predicted molar refractivity (Wildman–Crippen MR) is 71.9 cm³/mol. The van der Waals surface area contributed by atoms with Gasteiger partial charge in [-0.2, -0.15) is 0 Å². The molecular weight excluding hydrogens is 224 g/mol. The minimum atomic E-state index is 0.465. The van der Waals surface area contributed by atoms with E-state index in [1.54, 1.807) is 12.3 Å². The number of nitrogens with two attached hydrogens (primary N) is 1. The molecule has 4 heteroatoms. The van der Waals surface area contributed by atoms with Crippen LogP contribution in [0.15, 0.2) is 42.6 Å². The lowest BCUT2D eigenvalue weighted by molar-refractivity contribution is 1.10. The number of rotatable bonds is 1. The van der Waals surface area contributed by atoms with Gasteiger partial charge in [0.25, 0.3) is 0 Å². The number of nitrogens with zero attached hydrogens (tertiary/aromatic N) is 3. The van der Waals surface area contributed by atoms with Crippen molar-refractivity contribution in [2.75, 3.05) is 5.73 Å². The summed E-state index contributed by atoms with van der Waals surface area (Å²) in [4.78, 5) is 13.0. The van der Waals surface area contributed by atoms with Gasteiger partial charge in [-0.1, -0.05) is 24.3 Å². The molecule has 0 saturated carbocycles. The van der Waals surface area contributed by atoms with Crippen molar-refractivity contribution < 1.29 is 0 Å². The number of hydrogen-bond donors (Lipinski definition) is 1. The molecule has 2 aromatic heterocycles. The third-order valence-corrected chi connectivity index (χ3v) is 2.76. The highest BCUT2D eigenvalue weighted by Gasteiger charge is 2.08. The summed E-state index contributed by atoms with van der Waals surface area (Å²) >= 11 is 0. The van der Waals surface area contributed by atoms with Crippen LogP contribution in [0.25, 0.3) is 22.3 Å². The van der Waals surface area contributed by atoms with Crippen LogP contribution >= 0.6 is 0 Å².